The summed E-state index contributed by atoms with van der Waals surface area (Å²) in [5, 5.41) is 7.16. The molecule has 0 bridgehead atoms. The number of nitrogens with one attached hydrogen (secondary N) is 1. The molecule has 0 aliphatic rings. The number of carbonyl (C=O) groups is 1. The fraction of sp³-hybridized carbons (Fsp3) is 0.158. The number of rotatable bonds is 6. The van der Waals surface area contributed by atoms with Crippen LogP contribution in [0.4, 0.5) is 5.82 Å². The van der Waals surface area contributed by atoms with Crippen molar-refractivity contribution in [3.05, 3.63) is 71.9 Å². The van der Waals surface area contributed by atoms with Crippen molar-refractivity contribution < 1.29 is 14.3 Å². The Balaban J connectivity index is 1.77. The van der Waals surface area contributed by atoms with Gasteiger partial charge in [-0.2, -0.15) is 5.10 Å². The second-order valence-electron chi connectivity index (χ2n) is 5.38. The first kappa shape index (κ1) is 16.6. The topological polar surface area (TPSA) is 65.4 Å². The van der Waals surface area contributed by atoms with Gasteiger partial charge in [-0.1, -0.05) is 30.3 Å². The Morgan fingerprint density at radius 1 is 1.04 bits per heavy atom. The van der Waals surface area contributed by atoms with Gasteiger partial charge in [-0.15, -0.1) is 0 Å². The molecule has 1 amide bonds. The Morgan fingerprint density at radius 3 is 2.52 bits per heavy atom. The normalized spacial score (nSPS) is 10.3. The van der Waals surface area contributed by atoms with Gasteiger partial charge >= 0.3 is 0 Å². The molecule has 0 unspecified atom stereocenters. The van der Waals surface area contributed by atoms with Crippen LogP contribution in [0, 0.1) is 0 Å². The van der Waals surface area contributed by atoms with Crippen LogP contribution in [-0.2, 0) is 6.54 Å². The van der Waals surface area contributed by atoms with E-state index in [0.717, 1.165) is 5.56 Å². The van der Waals surface area contributed by atoms with Crippen molar-refractivity contribution in [2.24, 2.45) is 0 Å². The molecule has 6 heteroatoms. The lowest BCUT2D eigenvalue weighted by Crippen LogP contribution is -2.16. The number of amides is 1. The average Bonchev–Trinajstić information content (AvgIpc) is 3.08. The first-order valence-electron chi connectivity index (χ1n) is 7.80. The van der Waals surface area contributed by atoms with Crippen molar-refractivity contribution in [1.29, 1.82) is 0 Å². The number of aromatic nitrogens is 2. The first-order valence-corrected chi connectivity index (χ1v) is 7.80. The van der Waals surface area contributed by atoms with Crippen molar-refractivity contribution in [1.82, 2.24) is 9.78 Å². The minimum absolute atomic E-state index is 0.240. The number of nitrogens with zero attached hydrogens (tertiary/aromatic N) is 2. The molecule has 0 radical (unpaired) electrons. The number of hydrogen-bond donors (Lipinski definition) is 1. The van der Waals surface area contributed by atoms with Crippen LogP contribution in [0.3, 0.4) is 0 Å². The lowest BCUT2D eigenvalue weighted by molar-refractivity contribution is 0.102. The molecule has 1 N–H and O–H groups in total. The molecule has 6 nitrogen and oxygen atoms in total. The lowest BCUT2D eigenvalue weighted by Gasteiger charge is -2.11. The maximum absolute atomic E-state index is 12.5. The predicted molar refractivity (Wildman–Crippen MR) is 95.3 cm³/mol. The third kappa shape index (κ3) is 3.80. The molecule has 0 aliphatic heterocycles. The SMILES string of the molecule is COc1ccc(C(=O)Nc2ccnn2Cc2ccccc2)cc1OC. The lowest BCUT2D eigenvalue weighted by atomic mass is 10.2. The van der Waals surface area contributed by atoms with Crippen molar-refractivity contribution in [2.45, 2.75) is 6.54 Å². The minimum atomic E-state index is -0.240. The second-order valence-corrected chi connectivity index (χ2v) is 5.38. The number of hydrogen-bond acceptors (Lipinski definition) is 4. The standard InChI is InChI=1S/C19H19N3O3/c1-24-16-9-8-15(12-17(16)25-2)19(23)21-18-10-11-20-22(18)13-14-6-4-3-5-7-14/h3-12H,13H2,1-2H3,(H,21,23). The first-order chi connectivity index (χ1) is 12.2. The highest BCUT2D eigenvalue weighted by Crippen LogP contribution is 2.27. The summed E-state index contributed by atoms with van der Waals surface area (Å²) in [6.07, 6.45) is 1.66. The van der Waals surface area contributed by atoms with E-state index in [1.54, 1.807) is 42.3 Å². The fourth-order valence-electron chi connectivity index (χ4n) is 2.49. The van der Waals surface area contributed by atoms with Crippen LogP contribution in [0.25, 0.3) is 0 Å². The van der Waals surface area contributed by atoms with Crippen LogP contribution >= 0.6 is 0 Å². The zero-order valence-corrected chi connectivity index (χ0v) is 14.1. The Labute approximate surface area is 146 Å². The number of benzene rings is 2. The molecule has 1 aromatic heterocycles. The number of carbonyl (C=O) groups excluding carboxylic acids is 1. The van der Waals surface area contributed by atoms with Gasteiger partial charge in [0.15, 0.2) is 11.5 Å². The maximum atomic E-state index is 12.5. The molecule has 0 aliphatic carbocycles. The monoisotopic (exact) mass is 337 g/mol. The van der Waals surface area contributed by atoms with Crippen LogP contribution in [-0.4, -0.2) is 29.9 Å². The van der Waals surface area contributed by atoms with Crippen molar-refractivity contribution in [3.63, 3.8) is 0 Å². The quantitative estimate of drug-likeness (QED) is 0.750. The largest absolute Gasteiger partial charge is 0.493 e. The minimum Gasteiger partial charge on any atom is -0.493 e. The molecule has 128 valence electrons. The summed E-state index contributed by atoms with van der Waals surface area (Å²) in [6, 6.07) is 16.7. The summed E-state index contributed by atoms with van der Waals surface area (Å²) < 4.78 is 12.2. The van der Waals surface area contributed by atoms with Crippen LogP contribution in [0.5, 0.6) is 11.5 Å². The molecule has 2 aromatic carbocycles. The van der Waals surface area contributed by atoms with Gasteiger partial charge in [0.25, 0.3) is 5.91 Å². The highest BCUT2D eigenvalue weighted by Gasteiger charge is 2.13. The Kier molecular flexibility index (Phi) is 4.99. The maximum Gasteiger partial charge on any atom is 0.256 e. The van der Waals surface area contributed by atoms with Gasteiger partial charge < -0.3 is 14.8 Å². The molecule has 0 atom stereocenters. The van der Waals surface area contributed by atoms with Crippen molar-refractivity contribution in [2.75, 3.05) is 19.5 Å². The van der Waals surface area contributed by atoms with Gasteiger partial charge in [0.2, 0.25) is 0 Å². The third-order valence-corrected chi connectivity index (χ3v) is 3.78. The Bertz CT molecular complexity index is 859. The van der Waals surface area contributed by atoms with E-state index in [2.05, 4.69) is 10.4 Å². The molecular weight excluding hydrogens is 318 g/mol. The summed E-state index contributed by atoms with van der Waals surface area (Å²) >= 11 is 0. The smallest absolute Gasteiger partial charge is 0.256 e. The van der Waals surface area contributed by atoms with Gasteiger partial charge in [0.05, 0.1) is 27.0 Å². The fourth-order valence-corrected chi connectivity index (χ4v) is 2.49. The van der Waals surface area contributed by atoms with Gasteiger partial charge in [-0.05, 0) is 23.8 Å². The second kappa shape index (κ2) is 7.53. The van der Waals surface area contributed by atoms with E-state index in [1.807, 2.05) is 30.3 Å². The highest BCUT2D eigenvalue weighted by atomic mass is 16.5. The van der Waals surface area contributed by atoms with Gasteiger partial charge in [-0.25, -0.2) is 4.68 Å². The van der Waals surface area contributed by atoms with E-state index in [4.69, 9.17) is 9.47 Å². The van der Waals surface area contributed by atoms with Crippen LogP contribution in [0.1, 0.15) is 15.9 Å². The zero-order chi connectivity index (χ0) is 17.6. The van der Waals surface area contributed by atoms with E-state index in [9.17, 15) is 4.79 Å². The molecule has 0 saturated carbocycles. The summed E-state index contributed by atoms with van der Waals surface area (Å²) in [6.45, 7) is 0.579. The van der Waals surface area contributed by atoms with Crippen molar-refractivity contribution >= 4 is 11.7 Å². The zero-order valence-electron chi connectivity index (χ0n) is 14.1. The van der Waals surface area contributed by atoms with E-state index >= 15 is 0 Å². The molecule has 1 heterocycles. The van der Waals surface area contributed by atoms with E-state index in [1.165, 1.54) is 7.11 Å². The summed E-state index contributed by atoms with van der Waals surface area (Å²) in [5.41, 5.74) is 1.58. The van der Waals surface area contributed by atoms with Gasteiger partial charge in [0, 0.05) is 11.6 Å². The van der Waals surface area contributed by atoms with Gasteiger partial charge in [-0.3, -0.25) is 4.79 Å². The van der Waals surface area contributed by atoms with E-state index in [0.29, 0.717) is 29.4 Å². The number of anilines is 1. The third-order valence-electron chi connectivity index (χ3n) is 3.78. The Morgan fingerprint density at radius 2 is 1.80 bits per heavy atom. The van der Waals surface area contributed by atoms with Crippen LogP contribution in [0.2, 0.25) is 0 Å². The highest BCUT2D eigenvalue weighted by molar-refractivity contribution is 6.04. The molecule has 3 rings (SSSR count). The van der Waals surface area contributed by atoms with Crippen LogP contribution in [0.15, 0.2) is 60.8 Å². The van der Waals surface area contributed by atoms with Crippen LogP contribution < -0.4 is 14.8 Å². The number of methoxy groups -OCH3 is 2. The van der Waals surface area contributed by atoms with Gasteiger partial charge in [0.1, 0.15) is 5.82 Å². The molecule has 3 aromatic rings. The van der Waals surface area contributed by atoms with Crippen molar-refractivity contribution in [3.8, 4) is 11.5 Å². The molecular formula is C19H19N3O3. The summed E-state index contributed by atoms with van der Waals surface area (Å²) in [4.78, 5) is 12.5. The predicted octanol–water partition coefficient (Wildman–Crippen LogP) is 3.20. The molecule has 25 heavy (non-hydrogen) atoms. The summed E-state index contributed by atoms with van der Waals surface area (Å²) in [5.74, 6) is 1.47. The van der Waals surface area contributed by atoms with E-state index in [-0.39, 0.29) is 5.91 Å². The number of ether oxygens (including phenoxy) is 2. The average molecular weight is 337 g/mol. The molecule has 0 spiro atoms. The molecule has 0 saturated heterocycles. The Hall–Kier alpha value is -3.28. The summed E-state index contributed by atoms with van der Waals surface area (Å²) in [7, 11) is 3.09. The van der Waals surface area contributed by atoms with E-state index < -0.39 is 0 Å². The molecule has 0 fully saturated rings.